The van der Waals surface area contributed by atoms with E-state index < -0.39 is 0 Å². The van der Waals surface area contributed by atoms with Crippen LogP contribution >= 0.6 is 0 Å². The van der Waals surface area contributed by atoms with Gasteiger partial charge < -0.3 is 14.8 Å². The second kappa shape index (κ2) is 7.42. The van der Waals surface area contributed by atoms with E-state index in [0.29, 0.717) is 12.6 Å². The largest absolute Gasteiger partial charge is 0.334 e. The monoisotopic (exact) mass is 366 g/mol. The van der Waals surface area contributed by atoms with E-state index in [-0.39, 0.29) is 6.03 Å². The Morgan fingerprint density at radius 3 is 2.74 bits per heavy atom. The van der Waals surface area contributed by atoms with Crippen LogP contribution in [0.5, 0.6) is 0 Å². The second-order valence-corrected chi connectivity index (χ2v) is 7.14. The Hall–Kier alpha value is -2.83. The summed E-state index contributed by atoms with van der Waals surface area (Å²) < 4.78 is 4.13. The molecular weight excluding hydrogens is 340 g/mol. The Labute approximate surface area is 159 Å². The topological polar surface area (TPSA) is 68.0 Å². The van der Waals surface area contributed by atoms with Crippen LogP contribution in [0.25, 0.3) is 11.0 Å². The molecule has 0 saturated carbocycles. The van der Waals surface area contributed by atoms with Gasteiger partial charge in [0.1, 0.15) is 5.82 Å². The predicted molar refractivity (Wildman–Crippen MR) is 104 cm³/mol. The summed E-state index contributed by atoms with van der Waals surface area (Å²) in [6.07, 6.45) is 6.52. The van der Waals surface area contributed by atoms with Crippen molar-refractivity contribution < 1.29 is 4.79 Å². The molecule has 0 spiro atoms. The number of carbonyl (C=O) groups excluding carboxylic acids is 1. The summed E-state index contributed by atoms with van der Waals surface area (Å²) in [5.41, 5.74) is 3.28. The van der Waals surface area contributed by atoms with Crippen LogP contribution in [-0.2, 0) is 20.0 Å². The highest BCUT2D eigenvalue weighted by Gasteiger charge is 2.26. The normalized spacial score (nSPS) is 15.4. The molecule has 7 nitrogen and oxygen atoms in total. The summed E-state index contributed by atoms with van der Waals surface area (Å²) in [5.74, 6) is 1.13. The average molecular weight is 366 g/mol. The molecule has 0 atom stereocenters. The Bertz CT molecular complexity index is 935. The van der Waals surface area contributed by atoms with E-state index in [1.54, 1.807) is 10.9 Å². The lowest BCUT2D eigenvalue weighted by molar-refractivity contribution is 0.171. The van der Waals surface area contributed by atoms with Crippen LogP contribution in [0, 0.1) is 0 Å². The van der Waals surface area contributed by atoms with Gasteiger partial charge in [0.25, 0.3) is 0 Å². The number of fused-ring (bicyclic) bond motifs is 1. The zero-order valence-electron chi connectivity index (χ0n) is 15.9. The molecule has 4 rings (SSSR count). The Morgan fingerprint density at radius 2 is 2.04 bits per heavy atom. The molecule has 1 aromatic carbocycles. The van der Waals surface area contributed by atoms with Crippen molar-refractivity contribution in [3.8, 4) is 0 Å². The van der Waals surface area contributed by atoms with Crippen LogP contribution in [0.4, 0.5) is 4.79 Å². The summed E-state index contributed by atoms with van der Waals surface area (Å²) in [4.78, 5) is 19.2. The molecule has 7 heteroatoms. The second-order valence-electron chi connectivity index (χ2n) is 7.14. The van der Waals surface area contributed by atoms with Gasteiger partial charge in [0.05, 0.1) is 17.2 Å². The summed E-state index contributed by atoms with van der Waals surface area (Å²) in [5, 5.41) is 7.13. The lowest BCUT2D eigenvalue weighted by atomic mass is 10.0. The van der Waals surface area contributed by atoms with Crippen LogP contribution in [0.15, 0.2) is 36.7 Å². The zero-order valence-corrected chi connectivity index (χ0v) is 15.9. The maximum Gasteiger partial charge on any atom is 0.317 e. The standard InChI is InChI=1S/C20H26N6O/c1-3-19-23-17-6-4-5-7-18(17)26(19)16-8-10-25(11-9-16)20(27)21-12-15-13-22-24(2)14-15/h4-7,13-14,16H,3,8-12H2,1-2H3,(H,21,27). The molecule has 1 N–H and O–H groups in total. The number of nitrogens with zero attached hydrogens (tertiary/aromatic N) is 5. The molecule has 2 aromatic heterocycles. The smallest absolute Gasteiger partial charge is 0.317 e. The molecule has 27 heavy (non-hydrogen) atoms. The van der Waals surface area contributed by atoms with Gasteiger partial charge >= 0.3 is 6.03 Å². The van der Waals surface area contributed by atoms with Gasteiger partial charge in [0, 0.05) is 50.9 Å². The molecule has 0 aliphatic carbocycles. The number of benzene rings is 1. The first kappa shape index (κ1) is 17.6. The number of hydrogen-bond acceptors (Lipinski definition) is 3. The van der Waals surface area contributed by atoms with E-state index in [1.165, 1.54) is 5.52 Å². The minimum Gasteiger partial charge on any atom is -0.334 e. The summed E-state index contributed by atoms with van der Waals surface area (Å²) >= 11 is 0. The summed E-state index contributed by atoms with van der Waals surface area (Å²) in [6.45, 7) is 4.19. The molecule has 0 radical (unpaired) electrons. The van der Waals surface area contributed by atoms with E-state index in [0.717, 1.165) is 49.3 Å². The molecule has 3 heterocycles. The van der Waals surface area contributed by atoms with Crippen LogP contribution in [-0.4, -0.2) is 43.4 Å². The predicted octanol–water partition coefficient (Wildman–Crippen LogP) is 2.88. The number of aromatic nitrogens is 4. The van der Waals surface area contributed by atoms with Crippen molar-refractivity contribution in [2.24, 2.45) is 7.05 Å². The lowest BCUT2D eigenvalue weighted by Crippen LogP contribution is -2.44. The van der Waals surface area contributed by atoms with Gasteiger partial charge in [-0.25, -0.2) is 9.78 Å². The Balaban J connectivity index is 1.39. The number of likely N-dealkylation sites (tertiary alicyclic amines) is 1. The highest BCUT2D eigenvalue weighted by molar-refractivity contribution is 5.76. The van der Waals surface area contributed by atoms with E-state index >= 15 is 0 Å². The van der Waals surface area contributed by atoms with Gasteiger partial charge in [0.2, 0.25) is 0 Å². The molecule has 1 aliphatic heterocycles. The van der Waals surface area contributed by atoms with Crippen LogP contribution in [0.2, 0.25) is 0 Å². The maximum absolute atomic E-state index is 12.5. The van der Waals surface area contributed by atoms with Gasteiger partial charge in [-0.1, -0.05) is 19.1 Å². The van der Waals surface area contributed by atoms with Crippen molar-refractivity contribution in [3.05, 3.63) is 48.0 Å². The molecule has 1 aliphatic rings. The van der Waals surface area contributed by atoms with Gasteiger partial charge in [-0.15, -0.1) is 0 Å². The van der Waals surface area contributed by atoms with Crippen LogP contribution < -0.4 is 5.32 Å². The number of urea groups is 1. The molecule has 2 amide bonds. The number of amides is 2. The fourth-order valence-electron chi connectivity index (χ4n) is 3.93. The fourth-order valence-corrected chi connectivity index (χ4v) is 3.93. The van der Waals surface area contributed by atoms with Crippen molar-refractivity contribution >= 4 is 17.1 Å². The number of piperidine rings is 1. The molecule has 0 unspecified atom stereocenters. The molecule has 142 valence electrons. The molecule has 1 fully saturated rings. The minimum atomic E-state index is 0.00325. The SMILES string of the molecule is CCc1nc2ccccc2n1C1CCN(C(=O)NCc2cnn(C)c2)CC1. The van der Waals surface area contributed by atoms with Crippen molar-refractivity contribution in [2.75, 3.05) is 13.1 Å². The van der Waals surface area contributed by atoms with Crippen molar-refractivity contribution in [1.29, 1.82) is 0 Å². The first-order valence-electron chi connectivity index (χ1n) is 9.62. The number of carbonyl (C=O) groups is 1. The van der Waals surface area contributed by atoms with E-state index in [2.05, 4.69) is 40.1 Å². The molecule has 3 aromatic rings. The number of hydrogen-bond donors (Lipinski definition) is 1. The lowest BCUT2D eigenvalue weighted by Gasteiger charge is -2.33. The number of para-hydroxylation sites is 2. The number of aryl methyl sites for hydroxylation is 2. The minimum absolute atomic E-state index is 0.00325. The van der Waals surface area contributed by atoms with Crippen LogP contribution in [0.3, 0.4) is 0 Å². The highest BCUT2D eigenvalue weighted by Crippen LogP contribution is 2.29. The third-order valence-corrected chi connectivity index (χ3v) is 5.30. The number of imidazole rings is 1. The summed E-state index contributed by atoms with van der Waals surface area (Å²) in [6, 6.07) is 8.73. The van der Waals surface area contributed by atoms with Crippen molar-refractivity contribution in [3.63, 3.8) is 0 Å². The van der Waals surface area contributed by atoms with Gasteiger partial charge in [-0.2, -0.15) is 5.10 Å². The average Bonchev–Trinajstić information content (AvgIpc) is 3.29. The van der Waals surface area contributed by atoms with E-state index in [9.17, 15) is 4.79 Å². The summed E-state index contributed by atoms with van der Waals surface area (Å²) in [7, 11) is 1.88. The third-order valence-electron chi connectivity index (χ3n) is 5.30. The van der Waals surface area contributed by atoms with Gasteiger partial charge in [0.15, 0.2) is 0 Å². The van der Waals surface area contributed by atoms with Crippen LogP contribution in [0.1, 0.15) is 37.2 Å². The highest BCUT2D eigenvalue weighted by atomic mass is 16.2. The molecule has 1 saturated heterocycles. The van der Waals surface area contributed by atoms with Gasteiger partial charge in [-0.3, -0.25) is 4.68 Å². The molecular formula is C20H26N6O. The zero-order chi connectivity index (χ0) is 18.8. The Kier molecular flexibility index (Phi) is 4.83. The van der Waals surface area contributed by atoms with E-state index in [1.807, 2.05) is 24.2 Å². The van der Waals surface area contributed by atoms with E-state index in [4.69, 9.17) is 4.98 Å². The number of rotatable bonds is 4. The number of nitrogens with one attached hydrogen (secondary N) is 1. The first-order valence-corrected chi connectivity index (χ1v) is 9.62. The first-order chi connectivity index (χ1) is 13.2. The van der Waals surface area contributed by atoms with Crippen molar-refractivity contribution in [1.82, 2.24) is 29.5 Å². The van der Waals surface area contributed by atoms with Crippen molar-refractivity contribution in [2.45, 2.75) is 38.8 Å². The quantitative estimate of drug-likeness (QED) is 0.772. The fraction of sp³-hybridized carbons (Fsp3) is 0.450. The maximum atomic E-state index is 12.5. The third kappa shape index (κ3) is 3.54. The Morgan fingerprint density at radius 1 is 1.26 bits per heavy atom. The van der Waals surface area contributed by atoms with Gasteiger partial charge in [-0.05, 0) is 25.0 Å². The molecule has 0 bridgehead atoms.